The van der Waals surface area contributed by atoms with E-state index in [2.05, 4.69) is 34.0 Å². The topological polar surface area (TPSA) is 42.3 Å². The molecule has 1 spiro atoms. The fraction of sp³-hybridized carbons (Fsp3) is 0.722. The van der Waals surface area contributed by atoms with Gasteiger partial charge in [0, 0.05) is 32.7 Å². The van der Waals surface area contributed by atoms with Gasteiger partial charge in [-0.25, -0.2) is 0 Å². The summed E-state index contributed by atoms with van der Waals surface area (Å²) in [6, 6.07) is 2.28. The molecule has 0 aliphatic carbocycles. The quantitative estimate of drug-likeness (QED) is 0.790. The first-order valence-electron chi connectivity index (χ1n) is 9.03. The van der Waals surface area contributed by atoms with Crippen molar-refractivity contribution in [3.8, 4) is 0 Å². The number of nitrogens with zero attached hydrogens (tertiary/aromatic N) is 3. The van der Waals surface area contributed by atoms with Gasteiger partial charge in [-0.15, -0.1) is 24.8 Å². The van der Waals surface area contributed by atoms with Gasteiger partial charge in [0.2, 0.25) is 0 Å². The highest BCUT2D eigenvalue weighted by molar-refractivity contribution is 5.85. The Hall–Kier alpha value is -0.590. The van der Waals surface area contributed by atoms with Crippen molar-refractivity contribution in [1.82, 2.24) is 20.0 Å². The molecular formula is C18H30Cl2N4O. The van der Waals surface area contributed by atoms with Crippen LogP contribution in [0.5, 0.6) is 0 Å². The van der Waals surface area contributed by atoms with Gasteiger partial charge in [-0.2, -0.15) is 5.10 Å². The molecule has 142 valence electrons. The predicted octanol–water partition coefficient (Wildman–Crippen LogP) is 2.92. The summed E-state index contributed by atoms with van der Waals surface area (Å²) in [7, 11) is 0. The highest BCUT2D eigenvalue weighted by Crippen LogP contribution is 2.33. The number of aromatic nitrogens is 2. The number of halogens is 2. The first kappa shape index (κ1) is 20.7. The van der Waals surface area contributed by atoms with E-state index in [9.17, 15) is 0 Å². The van der Waals surface area contributed by atoms with Gasteiger partial charge >= 0.3 is 0 Å². The Balaban J connectivity index is 0.00000113. The van der Waals surface area contributed by atoms with Crippen LogP contribution < -0.4 is 5.32 Å². The fourth-order valence-corrected chi connectivity index (χ4v) is 4.08. The average Bonchev–Trinajstić information content (AvgIpc) is 2.78. The lowest BCUT2D eigenvalue weighted by molar-refractivity contribution is -0.0578. The van der Waals surface area contributed by atoms with Gasteiger partial charge in [0.15, 0.2) is 0 Å². The number of nitrogens with one attached hydrogen (secondary N) is 1. The number of fused-ring (bicyclic) bond motifs is 1. The number of ether oxygens (including phenoxy) is 1. The molecule has 1 fully saturated rings. The Morgan fingerprint density at radius 1 is 1.24 bits per heavy atom. The van der Waals surface area contributed by atoms with Gasteiger partial charge in [0.25, 0.3) is 0 Å². The van der Waals surface area contributed by atoms with Crippen LogP contribution in [0.3, 0.4) is 0 Å². The lowest BCUT2D eigenvalue weighted by Crippen LogP contribution is -2.46. The summed E-state index contributed by atoms with van der Waals surface area (Å²) < 4.78 is 8.32. The fourth-order valence-electron chi connectivity index (χ4n) is 4.08. The second-order valence-electron chi connectivity index (χ2n) is 7.31. The standard InChI is InChI=1S/C18H28N4O.2ClH/c1-15-3-10-23-18(12-15)4-8-21(9-5-18)14-16-11-17-13-19-6-2-7-22(17)20-16;;/h11-12,19H,2-10,13-14H2,1H3;2*1H. The van der Waals surface area contributed by atoms with Crippen molar-refractivity contribution in [1.29, 1.82) is 0 Å². The van der Waals surface area contributed by atoms with Crippen LogP contribution in [0, 0.1) is 0 Å². The number of aryl methyl sites for hydroxylation is 1. The minimum Gasteiger partial charge on any atom is -0.370 e. The van der Waals surface area contributed by atoms with Crippen molar-refractivity contribution in [2.24, 2.45) is 0 Å². The first-order chi connectivity index (χ1) is 11.2. The van der Waals surface area contributed by atoms with Gasteiger partial charge in [-0.1, -0.05) is 11.6 Å². The van der Waals surface area contributed by atoms with Crippen LogP contribution in [0.2, 0.25) is 0 Å². The molecule has 0 amide bonds. The lowest BCUT2D eigenvalue weighted by Gasteiger charge is -2.42. The van der Waals surface area contributed by atoms with E-state index in [4.69, 9.17) is 9.84 Å². The van der Waals surface area contributed by atoms with Gasteiger partial charge in [-0.3, -0.25) is 9.58 Å². The van der Waals surface area contributed by atoms with E-state index < -0.39 is 0 Å². The Kier molecular flexibility index (Phi) is 7.35. The van der Waals surface area contributed by atoms with Crippen molar-refractivity contribution in [3.63, 3.8) is 0 Å². The summed E-state index contributed by atoms with van der Waals surface area (Å²) in [6.45, 7) is 9.40. The smallest absolute Gasteiger partial charge is 0.0889 e. The molecule has 1 aromatic heterocycles. The Labute approximate surface area is 163 Å². The van der Waals surface area contributed by atoms with Crippen LogP contribution in [0.1, 0.15) is 44.0 Å². The molecule has 0 unspecified atom stereocenters. The van der Waals surface area contributed by atoms with Crippen molar-refractivity contribution in [3.05, 3.63) is 29.1 Å². The van der Waals surface area contributed by atoms with Crippen LogP contribution in [0.4, 0.5) is 0 Å². The molecule has 4 rings (SSSR count). The van der Waals surface area contributed by atoms with E-state index in [1.54, 1.807) is 0 Å². The molecule has 3 aliphatic heterocycles. The van der Waals surface area contributed by atoms with E-state index in [0.717, 1.165) is 65.1 Å². The largest absolute Gasteiger partial charge is 0.370 e. The monoisotopic (exact) mass is 388 g/mol. The van der Waals surface area contributed by atoms with Gasteiger partial charge in [0.05, 0.1) is 23.6 Å². The molecule has 1 saturated heterocycles. The van der Waals surface area contributed by atoms with E-state index in [1.807, 2.05) is 0 Å². The van der Waals surface area contributed by atoms with Crippen molar-refractivity contribution in [2.75, 3.05) is 26.2 Å². The highest BCUT2D eigenvalue weighted by atomic mass is 35.5. The van der Waals surface area contributed by atoms with Crippen LogP contribution in [-0.2, 0) is 24.4 Å². The summed E-state index contributed by atoms with van der Waals surface area (Å²) >= 11 is 0. The minimum atomic E-state index is 0. The van der Waals surface area contributed by atoms with Gasteiger partial charge in [-0.05, 0) is 45.2 Å². The molecule has 0 aromatic carbocycles. The molecule has 1 N–H and O–H groups in total. The summed E-state index contributed by atoms with van der Waals surface area (Å²) in [5.41, 5.74) is 4.07. The van der Waals surface area contributed by atoms with Crippen LogP contribution in [0.15, 0.2) is 17.7 Å². The normalized spacial score (nSPS) is 23.0. The zero-order chi connectivity index (χ0) is 15.7. The third-order valence-corrected chi connectivity index (χ3v) is 5.43. The SMILES string of the molecule is CC1=CC2(CCN(Cc3cc4n(n3)CCCNC4)CC2)OCC1.Cl.Cl. The zero-order valence-electron chi connectivity index (χ0n) is 15.0. The van der Waals surface area contributed by atoms with Crippen molar-refractivity contribution in [2.45, 2.75) is 57.8 Å². The van der Waals surface area contributed by atoms with Gasteiger partial charge in [0.1, 0.15) is 0 Å². The maximum Gasteiger partial charge on any atom is 0.0889 e. The number of likely N-dealkylation sites (tertiary alicyclic amines) is 1. The molecule has 7 heteroatoms. The summed E-state index contributed by atoms with van der Waals surface area (Å²) in [5.74, 6) is 0. The average molecular weight is 389 g/mol. The van der Waals surface area contributed by atoms with E-state index in [0.29, 0.717) is 0 Å². The second-order valence-corrected chi connectivity index (χ2v) is 7.31. The number of rotatable bonds is 2. The molecule has 3 aliphatic rings. The van der Waals surface area contributed by atoms with Crippen LogP contribution in [-0.4, -0.2) is 46.5 Å². The number of hydrogen-bond acceptors (Lipinski definition) is 4. The third-order valence-electron chi connectivity index (χ3n) is 5.43. The first-order valence-corrected chi connectivity index (χ1v) is 9.03. The lowest BCUT2D eigenvalue weighted by atomic mass is 9.87. The Morgan fingerprint density at radius 3 is 2.80 bits per heavy atom. The van der Waals surface area contributed by atoms with Crippen molar-refractivity contribution >= 4 is 24.8 Å². The van der Waals surface area contributed by atoms with Crippen LogP contribution in [0.25, 0.3) is 0 Å². The summed E-state index contributed by atoms with van der Waals surface area (Å²) in [5, 5.41) is 8.28. The van der Waals surface area contributed by atoms with Crippen LogP contribution >= 0.6 is 24.8 Å². The molecule has 0 saturated carbocycles. The maximum absolute atomic E-state index is 6.12. The van der Waals surface area contributed by atoms with E-state index in [-0.39, 0.29) is 30.4 Å². The molecular weight excluding hydrogens is 359 g/mol. The summed E-state index contributed by atoms with van der Waals surface area (Å²) in [4.78, 5) is 2.53. The molecule has 25 heavy (non-hydrogen) atoms. The molecule has 0 bridgehead atoms. The highest BCUT2D eigenvalue weighted by Gasteiger charge is 2.35. The van der Waals surface area contributed by atoms with E-state index >= 15 is 0 Å². The second kappa shape index (κ2) is 8.87. The molecule has 0 atom stereocenters. The third kappa shape index (κ3) is 4.77. The molecule has 4 heterocycles. The zero-order valence-corrected chi connectivity index (χ0v) is 16.6. The minimum absolute atomic E-state index is 0. The van der Waals surface area contributed by atoms with E-state index in [1.165, 1.54) is 23.4 Å². The predicted molar refractivity (Wildman–Crippen MR) is 105 cm³/mol. The Morgan fingerprint density at radius 2 is 2.04 bits per heavy atom. The molecule has 1 aromatic rings. The molecule has 5 nitrogen and oxygen atoms in total. The maximum atomic E-state index is 6.12. The Bertz CT molecular complexity index is 570. The number of hydrogen-bond donors (Lipinski definition) is 1. The number of piperidine rings is 1. The summed E-state index contributed by atoms with van der Waals surface area (Å²) in [6.07, 6.45) is 6.88. The molecule has 0 radical (unpaired) electrons. The van der Waals surface area contributed by atoms with Crippen molar-refractivity contribution < 1.29 is 4.74 Å². The van der Waals surface area contributed by atoms with Gasteiger partial charge < -0.3 is 10.1 Å².